The molecule has 0 radical (unpaired) electrons. The summed E-state index contributed by atoms with van der Waals surface area (Å²) in [6.45, 7) is 6.93. The molecule has 2 nitrogen and oxygen atoms in total. The average molecular weight is 221 g/mol. The van der Waals surface area contributed by atoms with E-state index in [0.717, 1.165) is 12.8 Å². The molecule has 0 aliphatic carbocycles. The fourth-order valence-electron chi connectivity index (χ4n) is 1.96. The summed E-state index contributed by atoms with van der Waals surface area (Å²) < 4.78 is 5.98. The van der Waals surface area contributed by atoms with E-state index in [0.29, 0.717) is 6.54 Å². The maximum Gasteiger partial charge on any atom is 0.0953 e. The van der Waals surface area contributed by atoms with Gasteiger partial charge in [-0.2, -0.15) is 0 Å². The van der Waals surface area contributed by atoms with E-state index in [1.165, 1.54) is 11.1 Å². The molecular formula is C14H23NO. The minimum atomic E-state index is 0.0303. The number of hydrogen-bond acceptors (Lipinski definition) is 2. The number of nitrogens with two attached hydrogens (primary N) is 1. The van der Waals surface area contributed by atoms with Crippen LogP contribution in [0.3, 0.4) is 0 Å². The first-order valence-corrected chi connectivity index (χ1v) is 6.10. The van der Waals surface area contributed by atoms with Gasteiger partial charge in [-0.25, -0.2) is 0 Å². The largest absolute Gasteiger partial charge is 0.369 e. The Morgan fingerprint density at radius 2 is 2.00 bits per heavy atom. The van der Waals surface area contributed by atoms with Crippen LogP contribution in [0.15, 0.2) is 24.3 Å². The van der Waals surface area contributed by atoms with Gasteiger partial charge < -0.3 is 10.5 Å². The lowest BCUT2D eigenvalue weighted by atomic mass is 10.0. The standard InChI is InChI=1S/C14H23NO/c1-4-7-12(3)16-14(10-15)13-9-6-5-8-11(13)2/h5-6,8-9,12,14H,4,7,10,15H2,1-3H3. The van der Waals surface area contributed by atoms with Gasteiger partial charge in [0.1, 0.15) is 0 Å². The molecule has 2 heteroatoms. The van der Waals surface area contributed by atoms with Crippen LogP contribution in [-0.2, 0) is 4.74 Å². The van der Waals surface area contributed by atoms with Crippen molar-refractivity contribution in [3.63, 3.8) is 0 Å². The Bertz CT molecular complexity index is 311. The average Bonchev–Trinajstić information content (AvgIpc) is 2.27. The summed E-state index contributed by atoms with van der Waals surface area (Å²) in [5.41, 5.74) is 8.26. The predicted molar refractivity (Wildman–Crippen MR) is 68.4 cm³/mol. The minimum absolute atomic E-state index is 0.0303. The molecule has 16 heavy (non-hydrogen) atoms. The van der Waals surface area contributed by atoms with E-state index >= 15 is 0 Å². The maximum absolute atomic E-state index is 5.98. The van der Waals surface area contributed by atoms with Gasteiger partial charge in [0, 0.05) is 6.54 Å². The molecule has 2 unspecified atom stereocenters. The summed E-state index contributed by atoms with van der Waals surface area (Å²) >= 11 is 0. The van der Waals surface area contributed by atoms with Crippen molar-refractivity contribution >= 4 is 0 Å². The Labute approximate surface area is 98.8 Å². The normalized spacial score (nSPS) is 14.8. The molecule has 0 saturated carbocycles. The highest BCUT2D eigenvalue weighted by molar-refractivity contribution is 5.28. The van der Waals surface area contributed by atoms with Gasteiger partial charge in [-0.3, -0.25) is 0 Å². The van der Waals surface area contributed by atoms with E-state index in [9.17, 15) is 0 Å². The first-order valence-electron chi connectivity index (χ1n) is 6.10. The molecule has 0 bridgehead atoms. The number of rotatable bonds is 6. The van der Waals surface area contributed by atoms with Crippen LogP contribution in [-0.4, -0.2) is 12.6 Å². The quantitative estimate of drug-likeness (QED) is 0.800. The highest BCUT2D eigenvalue weighted by atomic mass is 16.5. The van der Waals surface area contributed by atoms with Crippen LogP contribution < -0.4 is 5.73 Å². The van der Waals surface area contributed by atoms with Gasteiger partial charge in [0.05, 0.1) is 12.2 Å². The molecular weight excluding hydrogens is 198 g/mol. The van der Waals surface area contributed by atoms with Crippen LogP contribution in [0.4, 0.5) is 0 Å². The van der Waals surface area contributed by atoms with Crippen molar-refractivity contribution in [2.45, 2.75) is 45.8 Å². The molecule has 0 aliphatic heterocycles. The van der Waals surface area contributed by atoms with E-state index in [1.807, 2.05) is 12.1 Å². The molecule has 0 spiro atoms. The molecule has 0 fully saturated rings. The second kappa shape index (κ2) is 6.66. The van der Waals surface area contributed by atoms with Crippen molar-refractivity contribution in [1.82, 2.24) is 0 Å². The predicted octanol–water partition coefficient (Wildman–Crippen LogP) is 3.20. The summed E-state index contributed by atoms with van der Waals surface area (Å²) in [6.07, 6.45) is 2.54. The van der Waals surface area contributed by atoms with Gasteiger partial charge in [-0.1, -0.05) is 37.6 Å². The van der Waals surface area contributed by atoms with Crippen LogP contribution in [0, 0.1) is 6.92 Å². The van der Waals surface area contributed by atoms with Gasteiger partial charge in [0.25, 0.3) is 0 Å². The third-order valence-corrected chi connectivity index (χ3v) is 2.84. The summed E-state index contributed by atoms with van der Waals surface area (Å²) in [5.74, 6) is 0. The second-order valence-electron chi connectivity index (χ2n) is 4.32. The highest BCUT2D eigenvalue weighted by Crippen LogP contribution is 2.22. The van der Waals surface area contributed by atoms with Crippen LogP contribution in [0.5, 0.6) is 0 Å². The Morgan fingerprint density at radius 1 is 1.31 bits per heavy atom. The lowest BCUT2D eigenvalue weighted by Crippen LogP contribution is -2.21. The van der Waals surface area contributed by atoms with Crippen molar-refractivity contribution < 1.29 is 4.74 Å². The van der Waals surface area contributed by atoms with Crippen molar-refractivity contribution in [3.05, 3.63) is 35.4 Å². The monoisotopic (exact) mass is 221 g/mol. The van der Waals surface area contributed by atoms with E-state index in [1.54, 1.807) is 0 Å². The molecule has 2 N–H and O–H groups in total. The van der Waals surface area contributed by atoms with Gasteiger partial charge in [0.15, 0.2) is 0 Å². The molecule has 0 amide bonds. The Morgan fingerprint density at radius 3 is 2.56 bits per heavy atom. The Kier molecular flexibility index (Phi) is 5.50. The number of ether oxygens (including phenoxy) is 1. The summed E-state index contributed by atoms with van der Waals surface area (Å²) in [7, 11) is 0. The first kappa shape index (κ1) is 13.2. The summed E-state index contributed by atoms with van der Waals surface area (Å²) in [4.78, 5) is 0. The van der Waals surface area contributed by atoms with Crippen LogP contribution in [0.1, 0.15) is 43.9 Å². The van der Waals surface area contributed by atoms with Crippen LogP contribution >= 0.6 is 0 Å². The lowest BCUT2D eigenvalue weighted by Gasteiger charge is -2.22. The Balaban J connectivity index is 2.71. The fourth-order valence-corrected chi connectivity index (χ4v) is 1.96. The van der Waals surface area contributed by atoms with Crippen molar-refractivity contribution in [2.75, 3.05) is 6.54 Å². The molecule has 90 valence electrons. The van der Waals surface area contributed by atoms with Gasteiger partial charge in [-0.15, -0.1) is 0 Å². The SMILES string of the molecule is CCCC(C)OC(CN)c1ccccc1C. The molecule has 1 aromatic rings. The lowest BCUT2D eigenvalue weighted by molar-refractivity contribution is -0.00313. The molecule has 1 aromatic carbocycles. The van der Waals surface area contributed by atoms with Crippen LogP contribution in [0.2, 0.25) is 0 Å². The molecule has 0 heterocycles. The molecule has 0 saturated heterocycles. The summed E-state index contributed by atoms with van der Waals surface area (Å²) in [5, 5.41) is 0. The maximum atomic E-state index is 5.98. The van der Waals surface area contributed by atoms with Crippen molar-refractivity contribution in [3.8, 4) is 0 Å². The van der Waals surface area contributed by atoms with Gasteiger partial charge in [-0.05, 0) is 31.4 Å². The Hall–Kier alpha value is -0.860. The smallest absolute Gasteiger partial charge is 0.0953 e. The van der Waals surface area contributed by atoms with E-state index in [4.69, 9.17) is 10.5 Å². The van der Waals surface area contributed by atoms with E-state index in [2.05, 4.69) is 32.9 Å². The van der Waals surface area contributed by atoms with E-state index < -0.39 is 0 Å². The van der Waals surface area contributed by atoms with Gasteiger partial charge in [0.2, 0.25) is 0 Å². The zero-order valence-electron chi connectivity index (χ0n) is 10.6. The van der Waals surface area contributed by atoms with Crippen LogP contribution in [0.25, 0.3) is 0 Å². The second-order valence-corrected chi connectivity index (χ2v) is 4.32. The number of hydrogen-bond donors (Lipinski definition) is 1. The highest BCUT2D eigenvalue weighted by Gasteiger charge is 2.15. The first-order chi connectivity index (χ1) is 7.69. The van der Waals surface area contributed by atoms with Crippen molar-refractivity contribution in [2.24, 2.45) is 5.73 Å². The molecule has 0 aliphatic rings. The summed E-state index contributed by atoms with van der Waals surface area (Å²) in [6, 6.07) is 8.29. The zero-order chi connectivity index (χ0) is 12.0. The van der Waals surface area contributed by atoms with Gasteiger partial charge >= 0.3 is 0 Å². The van der Waals surface area contributed by atoms with Crippen molar-refractivity contribution in [1.29, 1.82) is 0 Å². The zero-order valence-corrected chi connectivity index (χ0v) is 10.6. The molecule has 1 rings (SSSR count). The third kappa shape index (κ3) is 3.62. The third-order valence-electron chi connectivity index (χ3n) is 2.84. The number of aryl methyl sites for hydroxylation is 1. The molecule has 0 aromatic heterocycles. The minimum Gasteiger partial charge on any atom is -0.369 e. The molecule has 2 atom stereocenters. The fraction of sp³-hybridized carbons (Fsp3) is 0.571. The number of benzene rings is 1. The topological polar surface area (TPSA) is 35.2 Å². The van der Waals surface area contributed by atoms with E-state index in [-0.39, 0.29) is 12.2 Å².